The van der Waals surface area contributed by atoms with E-state index >= 15 is 0 Å². The summed E-state index contributed by atoms with van der Waals surface area (Å²) in [4.78, 5) is 37.4. The van der Waals surface area contributed by atoms with Crippen LogP contribution >= 0.6 is 0 Å². The van der Waals surface area contributed by atoms with Crippen molar-refractivity contribution in [3.63, 3.8) is 0 Å². The zero-order valence-corrected chi connectivity index (χ0v) is 13.2. The molecule has 0 saturated heterocycles. The summed E-state index contributed by atoms with van der Waals surface area (Å²) >= 11 is 0. The zero-order chi connectivity index (χ0) is 17.6. The number of hydrogen-bond donors (Lipinski definition) is 2. The molecule has 23 heavy (non-hydrogen) atoms. The molecule has 126 valence electrons. The van der Waals surface area contributed by atoms with Gasteiger partial charge in [0.2, 0.25) is 17.7 Å². The normalized spacial score (nSPS) is 12.0. The third-order valence-electron chi connectivity index (χ3n) is 3.48. The molecule has 4 N–H and O–H groups in total. The highest BCUT2D eigenvalue weighted by Gasteiger charge is 2.22. The molecule has 8 heteroatoms. The zero-order valence-electron chi connectivity index (χ0n) is 13.2. The van der Waals surface area contributed by atoms with Crippen LogP contribution in [-0.2, 0) is 14.4 Å². The van der Waals surface area contributed by atoms with Crippen LogP contribution in [0.5, 0.6) is 0 Å². The summed E-state index contributed by atoms with van der Waals surface area (Å²) in [5.41, 5.74) is 10.8. The Kier molecular flexibility index (Phi) is 6.65. The van der Waals surface area contributed by atoms with E-state index in [2.05, 4.69) is 0 Å². The average molecular weight is 324 g/mol. The van der Waals surface area contributed by atoms with Gasteiger partial charge in [-0.2, -0.15) is 0 Å². The lowest BCUT2D eigenvalue weighted by Gasteiger charge is -2.27. The van der Waals surface area contributed by atoms with Gasteiger partial charge in [-0.15, -0.1) is 0 Å². The maximum absolute atomic E-state index is 13.0. The van der Waals surface area contributed by atoms with Gasteiger partial charge in [0.05, 0.1) is 12.6 Å². The van der Waals surface area contributed by atoms with Gasteiger partial charge < -0.3 is 16.4 Å². The van der Waals surface area contributed by atoms with Crippen LogP contribution < -0.4 is 16.4 Å². The summed E-state index contributed by atoms with van der Waals surface area (Å²) in [7, 11) is 1.59. The van der Waals surface area contributed by atoms with Crippen LogP contribution in [-0.4, -0.2) is 48.8 Å². The van der Waals surface area contributed by atoms with Gasteiger partial charge in [-0.25, -0.2) is 4.39 Å². The molecule has 1 aromatic rings. The molecule has 1 atom stereocenters. The minimum Gasteiger partial charge on any atom is -0.370 e. The minimum absolute atomic E-state index is 0.0296. The molecule has 0 aliphatic heterocycles. The second-order valence-electron chi connectivity index (χ2n) is 5.23. The van der Waals surface area contributed by atoms with Crippen molar-refractivity contribution in [3.05, 3.63) is 30.1 Å². The molecule has 0 heterocycles. The fourth-order valence-corrected chi connectivity index (χ4v) is 1.89. The molecule has 1 unspecified atom stereocenters. The summed E-state index contributed by atoms with van der Waals surface area (Å²) in [6.07, 6.45) is -0.0296. The molecule has 3 amide bonds. The van der Waals surface area contributed by atoms with E-state index < -0.39 is 23.7 Å². The van der Waals surface area contributed by atoms with Gasteiger partial charge in [-0.05, 0) is 38.2 Å². The second-order valence-corrected chi connectivity index (χ2v) is 5.23. The monoisotopic (exact) mass is 324 g/mol. The molecule has 0 fully saturated rings. The number of hydrogen-bond acceptors (Lipinski definition) is 4. The number of rotatable bonds is 8. The van der Waals surface area contributed by atoms with Crippen LogP contribution in [0.15, 0.2) is 24.3 Å². The van der Waals surface area contributed by atoms with Crippen LogP contribution in [0.1, 0.15) is 13.3 Å². The van der Waals surface area contributed by atoms with Crippen molar-refractivity contribution in [2.24, 2.45) is 11.5 Å². The first-order valence-electron chi connectivity index (χ1n) is 7.06. The highest BCUT2D eigenvalue weighted by Crippen LogP contribution is 2.16. The van der Waals surface area contributed by atoms with Crippen LogP contribution in [0.3, 0.4) is 0 Å². The Bertz CT molecular complexity index is 577. The lowest BCUT2D eigenvalue weighted by Crippen LogP contribution is -2.47. The molecule has 0 aliphatic carbocycles. The predicted octanol–water partition coefficient (Wildman–Crippen LogP) is -0.160. The molecule has 0 aliphatic rings. The van der Waals surface area contributed by atoms with Crippen molar-refractivity contribution in [3.8, 4) is 0 Å². The van der Waals surface area contributed by atoms with Gasteiger partial charge in [0.15, 0.2) is 0 Å². The largest absolute Gasteiger partial charge is 0.370 e. The van der Waals surface area contributed by atoms with E-state index in [-0.39, 0.29) is 25.4 Å². The topological polar surface area (TPSA) is 110 Å². The molecular weight excluding hydrogens is 303 g/mol. The van der Waals surface area contributed by atoms with Crippen LogP contribution in [0.2, 0.25) is 0 Å². The number of amides is 3. The van der Waals surface area contributed by atoms with Crippen molar-refractivity contribution in [1.82, 2.24) is 4.90 Å². The lowest BCUT2D eigenvalue weighted by molar-refractivity contribution is -0.124. The molecule has 1 aromatic carbocycles. The highest BCUT2D eigenvalue weighted by molar-refractivity contribution is 5.95. The Morgan fingerprint density at radius 2 is 1.74 bits per heavy atom. The Hall–Kier alpha value is -2.48. The van der Waals surface area contributed by atoms with Crippen molar-refractivity contribution in [1.29, 1.82) is 0 Å². The third kappa shape index (κ3) is 5.67. The van der Waals surface area contributed by atoms with Crippen molar-refractivity contribution in [2.75, 3.05) is 25.0 Å². The quantitative estimate of drug-likeness (QED) is 0.692. The van der Waals surface area contributed by atoms with E-state index in [1.54, 1.807) is 14.0 Å². The van der Waals surface area contributed by atoms with Gasteiger partial charge in [0.25, 0.3) is 0 Å². The summed E-state index contributed by atoms with van der Waals surface area (Å²) in [6, 6.07) is 4.69. The fourth-order valence-electron chi connectivity index (χ4n) is 1.89. The minimum atomic E-state index is -0.620. The summed E-state index contributed by atoms with van der Waals surface area (Å²) < 4.78 is 13.0. The van der Waals surface area contributed by atoms with Gasteiger partial charge >= 0.3 is 0 Å². The number of primary amides is 2. The first kappa shape index (κ1) is 18.6. The molecule has 0 aromatic heterocycles. The van der Waals surface area contributed by atoms with E-state index in [1.165, 1.54) is 34.1 Å². The molecule has 0 saturated carbocycles. The van der Waals surface area contributed by atoms with Gasteiger partial charge in [-0.1, -0.05) is 0 Å². The summed E-state index contributed by atoms with van der Waals surface area (Å²) in [5, 5.41) is 0. The maximum atomic E-state index is 13.0. The van der Waals surface area contributed by atoms with E-state index in [4.69, 9.17) is 11.5 Å². The first-order valence-corrected chi connectivity index (χ1v) is 7.06. The number of carbonyl (C=O) groups is 3. The van der Waals surface area contributed by atoms with Crippen LogP contribution in [0.4, 0.5) is 10.1 Å². The lowest BCUT2D eigenvalue weighted by atomic mass is 10.2. The van der Waals surface area contributed by atoms with Crippen LogP contribution in [0, 0.1) is 5.82 Å². The van der Waals surface area contributed by atoms with Gasteiger partial charge in [0.1, 0.15) is 5.82 Å². The number of anilines is 1. The molecule has 0 bridgehead atoms. The second kappa shape index (κ2) is 8.23. The first-order chi connectivity index (χ1) is 10.7. The predicted molar refractivity (Wildman–Crippen MR) is 83.9 cm³/mol. The van der Waals surface area contributed by atoms with E-state index in [9.17, 15) is 18.8 Å². The molecule has 0 radical (unpaired) electrons. The number of likely N-dealkylation sites (N-methyl/N-ethyl adjacent to an activating group) is 1. The Labute approximate surface area is 134 Å². The van der Waals surface area contributed by atoms with Crippen LogP contribution in [0.25, 0.3) is 0 Å². The molecule has 1 rings (SSSR count). The van der Waals surface area contributed by atoms with Crippen molar-refractivity contribution >= 4 is 23.4 Å². The standard InChI is InChI=1S/C15H21FN4O3/c1-10(15(18)23)19(2)9-14(22)20(8-7-13(17)21)12-5-3-11(16)4-6-12/h3-6,10H,7-9H2,1-2H3,(H2,17,21)(H2,18,23). The SMILES string of the molecule is CC(C(N)=O)N(C)CC(=O)N(CCC(N)=O)c1ccc(F)cc1. The van der Waals surface area contributed by atoms with Gasteiger partial charge in [0, 0.05) is 18.7 Å². The molecule has 7 nitrogen and oxygen atoms in total. The average Bonchev–Trinajstić information content (AvgIpc) is 2.47. The third-order valence-corrected chi connectivity index (χ3v) is 3.48. The number of nitrogens with two attached hydrogens (primary N) is 2. The summed E-state index contributed by atoms with van der Waals surface area (Å²) in [5.74, 6) is -1.89. The number of benzene rings is 1. The van der Waals surface area contributed by atoms with E-state index in [1.807, 2.05) is 0 Å². The van der Waals surface area contributed by atoms with Gasteiger partial charge in [-0.3, -0.25) is 19.3 Å². The van der Waals surface area contributed by atoms with Crippen molar-refractivity contribution < 1.29 is 18.8 Å². The van der Waals surface area contributed by atoms with Crippen molar-refractivity contribution in [2.45, 2.75) is 19.4 Å². The smallest absolute Gasteiger partial charge is 0.241 e. The Morgan fingerprint density at radius 3 is 2.22 bits per heavy atom. The number of halogens is 1. The highest BCUT2D eigenvalue weighted by atomic mass is 19.1. The maximum Gasteiger partial charge on any atom is 0.241 e. The molecular formula is C15H21FN4O3. The Balaban J connectivity index is 2.90. The van der Waals surface area contributed by atoms with E-state index in [0.29, 0.717) is 5.69 Å². The number of carbonyl (C=O) groups excluding carboxylic acids is 3. The summed E-state index contributed by atoms with van der Waals surface area (Å²) in [6.45, 7) is 1.57. The van der Waals surface area contributed by atoms with E-state index in [0.717, 1.165) is 0 Å². The fraction of sp³-hybridized carbons (Fsp3) is 0.400. The molecule has 0 spiro atoms. The number of nitrogens with zero attached hydrogens (tertiary/aromatic N) is 2. The Morgan fingerprint density at radius 1 is 1.17 bits per heavy atom.